The van der Waals surface area contributed by atoms with Crippen LogP contribution in [0.25, 0.3) is 10.4 Å². The van der Waals surface area contributed by atoms with Crippen LogP contribution in [0.2, 0.25) is 0 Å². The Morgan fingerprint density at radius 2 is 1.67 bits per heavy atom. The van der Waals surface area contributed by atoms with Gasteiger partial charge in [-0.25, -0.2) is 9.59 Å². The van der Waals surface area contributed by atoms with Crippen molar-refractivity contribution in [2.75, 3.05) is 18.5 Å². The van der Waals surface area contributed by atoms with Gasteiger partial charge < -0.3 is 14.8 Å². The Morgan fingerprint density at radius 1 is 0.967 bits per heavy atom. The molecule has 1 heterocycles. The van der Waals surface area contributed by atoms with Crippen molar-refractivity contribution in [3.8, 4) is 10.4 Å². The molecule has 0 aliphatic heterocycles. The number of ether oxygens (including phenoxy) is 2. The first-order valence-corrected chi connectivity index (χ1v) is 10.7. The van der Waals surface area contributed by atoms with Crippen LogP contribution >= 0.6 is 27.3 Å². The van der Waals surface area contributed by atoms with Crippen LogP contribution in [0.15, 0.2) is 65.1 Å². The first-order valence-electron chi connectivity index (χ1n) is 9.07. The quantitative estimate of drug-likeness (QED) is 0.466. The Balaban J connectivity index is 1.71. The summed E-state index contributed by atoms with van der Waals surface area (Å²) < 4.78 is 11.0. The molecule has 154 valence electrons. The normalized spacial score (nSPS) is 10.3. The summed E-state index contributed by atoms with van der Waals surface area (Å²) >= 11 is 4.54. The predicted octanol–water partition coefficient (Wildman–Crippen LogP) is 5.15. The average Bonchev–Trinajstić information content (AvgIpc) is 3.17. The largest absolute Gasteiger partial charge is 0.462 e. The molecule has 0 radical (unpaired) electrons. The summed E-state index contributed by atoms with van der Waals surface area (Å²) in [5.74, 6) is -1.69. The molecular weight excluding hydrogens is 470 g/mol. The van der Waals surface area contributed by atoms with E-state index in [9.17, 15) is 14.4 Å². The molecule has 0 saturated heterocycles. The molecule has 8 heteroatoms. The van der Waals surface area contributed by atoms with Gasteiger partial charge in [-0.15, -0.1) is 11.3 Å². The van der Waals surface area contributed by atoms with Gasteiger partial charge in [-0.3, -0.25) is 4.79 Å². The standard InChI is InChI=1S/C22H18BrNO5S/c1-2-28-22(27)17-12-18(14-6-4-3-5-7-14)30-20(17)24-19(25)13-29-21(26)15-8-10-16(23)11-9-15/h3-12H,2,13H2,1H3,(H,24,25). The molecule has 0 aliphatic carbocycles. The van der Waals surface area contributed by atoms with E-state index in [4.69, 9.17) is 9.47 Å². The monoisotopic (exact) mass is 487 g/mol. The van der Waals surface area contributed by atoms with Crippen molar-refractivity contribution in [3.05, 3.63) is 76.3 Å². The van der Waals surface area contributed by atoms with E-state index in [1.165, 1.54) is 11.3 Å². The van der Waals surface area contributed by atoms with Crippen molar-refractivity contribution in [2.24, 2.45) is 0 Å². The van der Waals surface area contributed by atoms with Crippen LogP contribution in [0.4, 0.5) is 5.00 Å². The topological polar surface area (TPSA) is 81.7 Å². The van der Waals surface area contributed by atoms with Crippen LogP contribution in [0.3, 0.4) is 0 Å². The summed E-state index contributed by atoms with van der Waals surface area (Å²) in [7, 11) is 0. The van der Waals surface area contributed by atoms with Gasteiger partial charge >= 0.3 is 11.9 Å². The number of rotatable bonds is 7. The molecule has 0 atom stereocenters. The van der Waals surface area contributed by atoms with Crippen molar-refractivity contribution in [2.45, 2.75) is 6.92 Å². The summed E-state index contributed by atoms with van der Waals surface area (Å²) in [4.78, 5) is 37.5. The Morgan fingerprint density at radius 3 is 2.33 bits per heavy atom. The smallest absolute Gasteiger partial charge is 0.341 e. The third-order valence-corrected chi connectivity index (χ3v) is 5.58. The lowest BCUT2D eigenvalue weighted by Crippen LogP contribution is -2.21. The predicted molar refractivity (Wildman–Crippen MR) is 119 cm³/mol. The first-order chi connectivity index (χ1) is 14.5. The second-order valence-electron chi connectivity index (χ2n) is 6.07. The number of anilines is 1. The zero-order valence-electron chi connectivity index (χ0n) is 16.0. The second-order valence-corrected chi connectivity index (χ2v) is 8.04. The van der Waals surface area contributed by atoms with Crippen LogP contribution in [0.5, 0.6) is 0 Å². The maximum Gasteiger partial charge on any atom is 0.341 e. The number of hydrogen-bond acceptors (Lipinski definition) is 6. The van der Waals surface area contributed by atoms with Gasteiger partial charge in [0.05, 0.1) is 17.7 Å². The maximum absolute atomic E-state index is 12.3. The molecule has 3 rings (SSSR count). The molecule has 6 nitrogen and oxygen atoms in total. The number of benzene rings is 2. The second kappa shape index (κ2) is 10.2. The third-order valence-electron chi connectivity index (χ3n) is 3.95. The molecule has 30 heavy (non-hydrogen) atoms. The van der Waals surface area contributed by atoms with Crippen LogP contribution in [0, 0.1) is 0 Å². The fourth-order valence-electron chi connectivity index (χ4n) is 2.55. The summed E-state index contributed by atoms with van der Waals surface area (Å²) in [6, 6.07) is 17.8. The lowest BCUT2D eigenvalue weighted by molar-refractivity contribution is -0.119. The highest BCUT2D eigenvalue weighted by Gasteiger charge is 2.20. The third kappa shape index (κ3) is 5.55. The molecular formula is C22H18BrNO5S. The summed E-state index contributed by atoms with van der Waals surface area (Å²) in [5.41, 5.74) is 1.50. The summed E-state index contributed by atoms with van der Waals surface area (Å²) in [5, 5.41) is 2.99. The van der Waals surface area contributed by atoms with Gasteiger partial charge in [-0.05, 0) is 42.8 Å². The number of carbonyl (C=O) groups excluding carboxylic acids is 3. The van der Waals surface area contributed by atoms with E-state index >= 15 is 0 Å². The van der Waals surface area contributed by atoms with Crippen molar-refractivity contribution < 1.29 is 23.9 Å². The zero-order valence-corrected chi connectivity index (χ0v) is 18.4. The molecule has 0 aliphatic rings. The van der Waals surface area contributed by atoms with E-state index < -0.39 is 24.5 Å². The molecule has 0 fully saturated rings. The minimum Gasteiger partial charge on any atom is -0.462 e. The van der Waals surface area contributed by atoms with E-state index in [0.717, 1.165) is 14.9 Å². The van der Waals surface area contributed by atoms with E-state index in [2.05, 4.69) is 21.2 Å². The van der Waals surface area contributed by atoms with Crippen LogP contribution in [0.1, 0.15) is 27.6 Å². The summed E-state index contributed by atoms with van der Waals surface area (Å²) in [6.45, 7) is 1.45. The molecule has 0 unspecified atom stereocenters. The Kier molecular flexibility index (Phi) is 7.37. The Labute approximate surface area is 186 Å². The number of thiophene rings is 1. The lowest BCUT2D eigenvalue weighted by Gasteiger charge is -2.07. The number of halogens is 1. The van der Waals surface area contributed by atoms with E-state index in [0.29, 0.717) is 10.6 Å². The van der Waals surface area contributed by atoms with Crippen molar-refractivity contribution in [1.29, 1.82) is 0 Å². The fraction of sp³-hybridized carbons (Fsp3) is 0.136. The highest BCUT2D eigenvalue weighted by atomic mass is 79.9. The minimum absolute atomic E-state index is 0.216. The number of carbonyl (C=O) groups is 3. The SMILES string of the molecule is CCOC(=O)c1cc(-c2ccccc2)sc1NC(=O)COC(=O)c1ccc(Br)cc1. The molecule has 0 saturated carbocycles. The Bertz CT molecular complexity index is 1050. The first kappa shape index (κ1) is 21.7. The highest BCUT2D eigenvalue weighted by molar-refractivity contribution is 9.10. The van der Waals surface area contributed by atoms with Crippen LogP contribution < -0.4 is 5.32 Å². The van der Waals surface area contributed by atoms with E-state index in [1.54, 1.807) is 37.3 Å². The molecule has 3 aromatic rings. The average molecular weight is 488 g/mol. The van der Waals surface area contributed by atoms with Gasteiger partial charge in [-0.2, -0.15) is 0 Å². The van der Waals surface area contributed by atoms with Gasteiger partial charge in [0.2, 0.25) is 0 Å². The van der Waals surface area contributed by atoms with Gasteiger partial charge in [0.15, 0.2) is 6.61 Å². The number of hydrogen-bond donors (Lipinski definition) is 1. The van der Waals surface area contributed by atoms with E-state index in [1.807, 2.05) is 30.3 Å². The van der Waals surface area contributed by atoms with Crippen molar-refractivity contribution in [3.63, 3.8) is 0 Å². The van der Waals surface area contributed by atoms with Crippen molar-refractivity contribution in [1.82, 2.24) is 0 Å². The minimum atomic E-state index is -0.612. The van der Waals surface area contributed by atoms with Crippen LogP contribution in [-0.2, 0) is 14.3 Å². The van der Waals surface area contributed by atoms with Gasteiger partial charge in [0.25, 0.3) is 5.91 Å². The Hall–Kier alpha value is -2.97. The van der Waals surface area contributed by atoms with E-state index in [-0.39, 0.29) is 12.2 Å². The number of esters is 2. The van der Waals surface area contributed by atoms with Gasteiger partial charge in [0, 0.05) is 9.35 Å². The molecule has 2 aromatic carbocycles. The zero-order chi connectivity index (χ0) is 21.5. The molecule has 1 N–H and O–H groups in total. The van der Waals surface area contributed by atoms with Crippen LogP contribution in [-0.4, -0.2) is 31.1 Å². The number of amides is 1. The molecule has 1 aromatic heterocycles. The fourth-order valence-corrected chi connectivity index (χ4v) is 3.88. The maximum atomic E-state index is 12.3. The van der Waals surface area contributed by atoms with Gasteiger partial charge in [0.1, 0.15) is 5.00 Å². The molecule has 1 amide bonds. The summed E-state index contributed by atoms with van der Waals surface area (Å²) in [6.07, 6.45) is 0. The van der Waals surface area contributed by atoms with Gasteiger partial charge in [-0.1, -0.05) is 46.3 Å². The molecule has 0 spiro atoms. The number of nitrogens with one attached hydrogen (secondary N) is 1. The highest BCUT2D eigenvalue weighted by Crippen LogP contribution is 2.35. The van der Waals surface area contributed by atoms with Crippen molar-refractivity contribution >= 4 is 50.1 Å². The lowest BCUT2D eigenvalue weighted by atomic mass is 10.1. The molecule has 0 bridgehead atoms.